The van der Waals surface area contributed by atoms with E-state index in [-0.39, 0.29) is 5.76 Å². The molecule has 8 nitrogen and oxygen atoms in total. The average Bonchev–Trinajstić information content (AvgIpc) is 3.16. The minimum absolute atomic E-state index is 0.0328. The van der Waals surface area contributed by atoms with Crippen LogP contribution in [0.15, 0.2) is 35.0 Å². The van der Waals surface area contributed by atoms with Gasteiger partial charge in [0.15, 0.2) is 5.76 Å². The van der Waals surface area contributed by atoms with E-state index < -0.39 is 41.3 Å². The number of carbonyl (C=O) groups excluding carboxylic acids is 2. The van der Waals surface area contributed by atoms with Crippen LogP contribution in [0.1, 0.15) is 17.5 Å². The van der Waals surface area contributed by atoms with E-state index in [0.29, 0.717) is 0 Å². The van der Waals surface area contributed by atoms with E-state index in [0.717, 1.165) is 0 Å². The number of amides is 2. The fraction of sp³-hybridized carbons (Fsp3) is 0.357. The summed E-state index contributed by atoms with van der Waals surface area (Å²) in [6.07, 6.45) is 4.01. The molecular formula is C14H14N2O6. The first-order valence-corrected chi connectivity index (χ1v) is 6.66. The zero-order chi connectivity index (χ0) is 15.9. The molecule has 3 N–H and O–H groups in total. The minimum Gasteiger partial charge on any atom is -0.481 e. The molecule has 0 radical (unpaired) electrons. The molecule has 1 aromatic heterocycles. The van der Waals surface area contributed by atoms with Gasteiger partial charge in [0.1, 0.15) is 5.92 Å². The molecule has 0 aliphatic carbocycles. The van der Waals surface area contributed by atoms with Crippen LogP contribution in [0.2, 0.25) is 0 Å². The molecule has 1 fully saturated rings. The van der Waals surface area contributed by atoms with Gasteiger partial charge in [-0.05, 0) is 19.1 Å². The lowest BCUT2D eigenvalue weighted by atomic mass is 9.76. The van der Waals surface area contributed by atoms with Gasteiger partial charge in [-0.2, -0.15) is 0 Å². The van der Waals surface area contributed by atoms with Gasteiger partial charge in [-0.3, -0.25) is 25.2 Å². The Labute approximate surface area is 125 Å². The number of furan rings is 1. The molecule has 0 saturated carbocycles. The van der Waals surface area contributed by atoms with Crippen molar-refractivity contribution in [1.29, 1.82) is 0 Å². The molecule has 2 amide bonds. The van der Waals surface area contributed by atoms with Crippen LogP contribution >= 0.6 is 0 Å². The number of nitrogens with one attached hydrogen (secondary N) is 2. The number of ether oxygens (including phenoxy) is 1. The van der Waals surface area contributed by atoms with E-state index >= 15 is 0 Å². The van der Waals surface area contributed by atoms with Crippen molar-refractivity contribution in [3.05, 3.63) is 36.3 Å². The summed E-state index contributed by atoms with van der Waals surface area (Å²) >= 11 is 0. The highest BCUT2D eigenvalue weighted by molar-refractivity contribution is 5.94. The van der Waals surface area contributed by atoms with Crippen molar-refractivity contribution in [2.75, 3.05) is 0 Å². The zero-order valence-corrected chi connectivity index (χ0v) is 11.6. The van der Waals surface area contributed by atoms with Crippen LogP contribution < -0.4 is 10.9 Å². The van der Waals surface area contributed by atoms with Crippen molar-refractivity contribution in [3.8, 4) is 0 Å². The number of aliphatic carboxylic acids is 1. The Morgan fingerprint density at radius 1 is 1.32 bits per heavy atom. The van der Waals surface area contributed by atoms with Crippen molar-refractivity contribution < 1.29 is 28.6 Å². The van der Waals surface area contributed by atoms with Gasteiger partial charge in [-0.1, -0.05) is 12.2 Å². The second-order valence-electron chi connectivity index (χ2n) is 5.39. The second kappa shape index (κ2) is 4.99. The molecule has 3 rings (SSSR count). The first-order valence-electron chi connectivity index (χ1n) is 6.66. The summed E-state index contributed by atoms with van der Waals surface area (Å²) in [7, 11) is 0. The van der Waals surface area contributed by atoms with Gasteiger partial charge < -0.3 is 14.3 Å². The van der Waals surface area contributed by atoms with E-state index in [2.05, 4.69) is 10.9 Å². The molecule has 2 aliphatic rings. The van der Waals surface area contributed by atoms with Crippen molar-refractivity contribution in [2.24, 2.45) is 11.8 Å². The Hall–Kier alpha value is -2.61. The maximum absolute atomic E-state index is 12.3. The number of fused-ring (bicyclic) bond motifs is 2. The fourth-order valence-electron chi connectivity index (χ4n) is 2.95. The topological polar surface area (TPSA) is 118 Å². The summed E-state index contributed by atoms with van der Waals surface area (Å²) < 4.78 is 10.5. The molecule has 2 bridgehead atoms. The molecule has 1 saturated heterocycles. The summed E-state index contributed by atoms with van der Waals surface area (Å²) in [6.45, 7) is 1.64. The van der Waals surface area contributed by atoms with E-state index in [1.165, 1.54) is 18.4 Å². The largest absolute Gasteiger partial charge is 0.481 e. The average molecular weight is 306 g/mol. The van der Waals surface area contributed by atoms with E-state index in [9.17, 15) is 19.5 Å². The SMILES string of the molecule is C[C@@]12C=C[C@@H](O1)[C@H](C(=O)O)[C@H]2C(=O)NNC(=O)c1ccco1. The molecule has 0 unspecified atom stereocenters. The number of hydrogen-bond donors (Lipinski definition) is 3. The van der Waals surface area contributed by atoms with Crippen molar-refractivity contribution >= 4 is 17.8 Å². The summed E-state index contributed by atoms with van der Waals surface area (Å²) in [5.74, 6) is -4.26. The van der Waals surface area contributed by atoms with Crippen LogP contribution in [0.5, 0.6) is 0 Å². The highest BCUT2D eigenvalue weighted by Crippen LogP contribution is 2.46. The van der Waals surface area contributed by atoms with Gasteiger partial charge in [-0.25, -0.2) is 0 Å². The molecule has 0 aromatic carbocycles. The highest BCUT2D eigenvalue weighted by atomic mass is 16.5. The van der Waals surface area contributed by atoms with Crippen LogP contribution in [0.25, 0.3) is 0 Å². The van der Waals surface area contributed by atoms with Gasteiger partial charge in [0.2, 0.25) is 5.91 Å². The Morgan fingerprint density at radius 3 is 2.73 bits per heavy atom. The third-order valence-corrected chi connectivity index (χ3v) is 3.95. The molecule has 116 valence electrons. The number of hydrogen-bond acceptors (Lipinski definition) is 5. The lowest BCUT2D eigenvalue weighted by Gasteiger charge is -2.27. The maximum atomic E-state index is 12.3. The smallest absolute Gasteiger partial charge is 0.310 e. The third kappa shape index (κ3) is 2.17. The van der Waals surface area contributed by atoms with E-state index in [1.807, 2.05) is 0 Å². The molecule has 2 aliphatic heterocycles. The Kier molecular flexibility index (Phi) is 3.25. The summed E-state index contributed by atoms with van der Waals surface area (Å²) in [5, 5.41) is 9.30. The van der Waals surface area contributed by atoms with E-state index in [1.54, 1.807) is 19.1 Å². The molecule has 4 atom stereocenters. The van der Waals surface area contributed by atoms with Crippen LogP contribution in [-0.4, -0.2) is 34.6 Å². The number of carbonyl (C=O) groups is 3. The number of carboxylic acids is 1. The van der Waals surface area contributed by atoms with Crippen LogP contribution in [-0.2, 0) is 14.3 Å². The Balaban J connectivity index is 1.70. The Morgan fingerprint density at radius 2 is 2.09 bits per heavy atom. The standard InChI is InChI=1S/C14H14N2O6/c1-14-5-4-7(22-14)9(13(19)20)10(14)12(18)16-15-11(17)8-3-2-6-21-8/h2-7,9-10H,1H3,(H,15,17)(H,16,18)(H,19,20)/t7-,9+,10+,14+/m1/s1. The third-order valence-electron chi connectivity index (χ3n) is 3.95. The molecule has 22 heavy (non-hydrogen) atoms. The predicted octanol–water partition coefficient (Wildman–Crippen LogP) is 0.0849. The van der Waals surface area contributed by atoms with Gasteiger partial charge in [0.05, 0.1) is 23.9 Å². The van der Waals surface area contributed by atoms with Gasteiger partial charge in [0, 0.05) is 0 Å². The van der Waals surface area contributed by atoms with Crippen molar-refractivity contribution in [3.63, 3.8) is 0 Å². The van der Waals surface area contributed by atoms with Gasteiger partial charge in [0.25, 0.3) is 0 Å². The Bertz CT molecular complexity index is 652. The van der Waals surface area contributed by atoms with Crippen molar-refractivity contribution in [2.45, 2.75) is 18.6 Å². The quantitative estimate of drug-likeness (QED) is 0.538. The lowest BCUT2D eigenvalue weighted by molar-refractivity contribution is -0.147. The van der Waals surface area contributed by atoms with Crippen LogP contribution in [0.4, 0.5) is 0 Å². The number of hydrazine groups is 1. The summed E-state index contributed by atoms with van der Waals surface area (Å²) in [5.41, 5.74) is 3.43. The van der Waals surface area contributed by atoms with Crippen LogP contribution in [0.3, 0.4) is 0 Å². The van der Waals surface area contributed by atoms with Gasteiger partial charge >= 0.3 is 11.9 Å². The second-order valence-corrected chi connectivity index (χ2v) is 5.39. The van der Waals surface area contributed by atoms with Crippen molar-refractivity contribution in [1.82, 2.24) is 10.9 Å². The zero-order valence-electron chi connectivity index (χ0n) is 11.6. The highest BCUT2D eigenvalue weighted by Gasteiger charge is 2.59. The molecular weight excluding hydrogens is 292 g/mol. The molecule has 0 spiro atoms. The normalized spacial score (nSPS) is 32.0. The van der Waals surface area contributed by atoms with E-state index in [4.69, 9.17) is 9.15 Å². The van der Waals surface area contributed by atoms with Crippen LogP contribution in [0, 0.1) is 11.8 Å². The van der Waals surface area contributed by atoms with Gasteiger partial charge in [-0.15, -0.1) is 0 Å². The summed E-state index contributed by atoms with van der Waals surface area (Å²) in [6, 6.07) is 2.97. The summed E-state index contributed by atoms with van der Waals surface area (Å²) in [4.78, 5) is 35.4. The predicted molar refractivity (Wildman–Crippen MR) is 71.4 cm³/mol. The minimum atomic E-state index is -1.12. The fourth-order valence-corrected chi connectivity index (χ4v) is 2.95. The maximum Gasteiger partial charge on any atom is 0.310 e. The molecule has 8 heteroatoms. The first-order chi connectivity index (χ1) is 10.4. The molecule has 1 aromatic rings. The number of rotatable bonds is 3. The molecule has 3 heterocycles. The first kappa shape index (κ1) is 14.3. The number of carboxylic acid groups (broad SMARTS) is 1. The monoisotopic (exact) mass is 306 g/mol. The lowest BCUT2D eigenvalue weighted by Crippen LogP contribution is -2.52.